The van der Waals surface area contributed by atoms with Crippen molar-refractivity contribution in [2.45, 2.75) is 100 Å². The summed E-state index contributed by atoms with van der Waals surface area (Å²) in [5.74, 6) is 1.18. The van der Waals surface area contributed by atoms with Gasteiger partial charge in [-0.3, -0.25) is 0 Å². The molecule has 0 aromatic heterocycles. The molecular weight excluding hydrogens is 412 g/mol. The maximum atomic E-state index is 10.1. The highest BCUT2D eigenvalue weighted by atomic mass is 32.1. The molecule has 30 heavy (non-hydrogen) atoms. The zero-order valence-corrected chi connectivity index (χ0v) is 20.3. The third kappa shape index (κ3) is 5.58. The number of hydrogen-bond acceptors (Lipinski definition) is 5. The molecule has 0 heterocycles. The summed E-state index contributed by atoms with van der Waals surface area (Å²) in [4.78, 5) is -0.895. The van der Waals surface area contributed by atoms with Gasteiger partial charge in [-0.1, -0.05) is 31.2 Å². The quantitative estimate of drug-likeness (QED) is 0.283. The molecule has 3 N–H and O–H groups in total. The van der Waals surface area contributed by atoms with Crippen molar-refractivity contribution in [3.8, 4) is 0 Å². The summed E-state index contributed by atoms with van der Waals surface area (Å²) in [6.07, 6.45) is 12.9. The molecule has 0 aromatic carbocycles. The van der Waals surface area contributed by atoms with Crippen LogP contribution in [0.15, 0.2) is 35.5 Å². The molecule has 5 heteroatoms. The molecule has 0 amide bonds. The van der Waals surface area contributed by atoms with E-state index < -0.39 is 17.1 Å². The van der Waals surface area contributed by atoms with Crippen LogP contribution < -0.4 is 0 Å². The second-order valence-corrected chi connectivity index (χ2v) is 12.0. The Morgan fingerprint density at radius 3 is 2.73 bits per heavy atom. The summed E-state index contributed by atoms with van der Waals surface area (Å²) < 4.78 is 0. The number of fused-ring (bicyclic) bond motifs is 1. The summed E-state index contributed by atoms with van der Waals surface area (Å²) in [6.45, 7) is 8.25. The zero-order chi connectivity index (χ0) is 22.1. The van der Waals surface area contributed by atoms with E-state index >= 15 is 0 Å². The molecule has 0 spiro atoms. The summed E-state index contributed by atoms with van der Waals surface area (Å²) in [7, 11) is 0. The highest BCUT2D eigenvalue weighted by Gasteiger charge is 2.50. The van der Waals surface area contributed by atoms with Crippen LogP contribution in [0.3, 0.4) is 0 Å². The van der Waals surface area contributed by atoms with E-state index in [2.05, 4.69) is 38.3 Å². The molecule has 7 atom stereocenters. The summed E-state index contributed by atoms with van der Waals surface area (Å²) in [6, 6.07) is 0. The Hall–Kier alpha value is -0.200. The van der Waals surface area contributed by atoms with Gasteiger partial charge < -0.3 is 15.3 Å². The van der Waals surface area contributed by atoms with Crippen molar-refractivity contribution in [2.24, 2.45) is 17.3 Å². The van der Waals surface area contributed by atoms with E-state index in [1.165, 1.54) is 31.3 Å². The first-order valence-electron chi connectivity index (χ1n) is 11.6. The van der Waals surface area contributed by atoms with Gasteiger partial charge in [-0.2, -0.15) is 12.6 Å². The fourth-order valence-electron chi connectivity index (χ4n) is 6.22. The van der Waals surface area contributed by atoms with Gasteiger partial charge in [-0.05, 0) is 93.1 Å². The summed E-state index contributed by atoms with van der Waals surface area (Å²) in [5.41, 5.74) is 3.54. The maximum Gasteiger partial charge on any atom is 0.104 e. The van der Waals surface area contributed by atoms with Gasteiger partial charge in [0.15, 0.2) is 0 Å². The van der Waals surface area contributed by atoms with Gasteiger partial charge in [0.2, 0.25) is 0 Å². The lowest BCUT2D eigenvalue weighted by atomic mass is 9.62. The van der Waals surface area contributed by atoms with Crippen molar-refractivity contribution in [2.75, 3.05) is 0 Å². The first-order valence-corrected chi connectivity index (χ1v) is 12.6. The van der Waals surface area contributed by atoms with Gasteiger partial charge in [0.05, 0.1) is 12.2 Å². The Bertz CT molecular complexity index is 693. The number of hydrogen-bond donors (Lipinski definition) is 5. The Balaban J connectivity index is 1.70. The molecule has 3 rings (SSSR count). The third-order valence-corrected chi connectivity index (χ3v) is 8.76. The molecule has 3 fully saturated rings. The normalized spacial score (nSPS) is 40.4. The van der Waals surface area contributed by atoms with Crippen LogP contribution >= 0.6 is 25.3 Å². The molecule has 0 saturated heterocycles. The second-order valence-electron chi connectivity index (χ2n) is 10.3. The molecule has 3 saturated carbocycles. The van der Waals surface area contributed by atoms with Crippen LogP contribution in [0.1, 0.15) is 78.1 Å². The fourth-order valence-corrected chi connectivity index (χ4v) is 7.05. The molecule has 0 bridgehead atoms. The van der Waals surface area contributed by atoms with Crippen molar-refractivity contribution in [3.05, 3.63) is 35.5 Å². The van der Waals surface area contributed by atoms with Crippen molar-refractivity contribution in [1.29, 1.82) is 0 Å². The third-order valence-electron chi connectivity index (χ3n) is 7.92. The molecule has 3 aliphatic carbocycles. The minimum atomic E-state index is -0.895. The lowest BCUT2D eigenvalue weighted by Gasteiger charge is -2.44. The predicted octanol–water partition coefficient (Wildman–Crippen LogP) is 5.23. The average molecular weight is 453 g/mol. The molecule has 170 valence electrons. The van der Waals surface area contributed by atoms with Crippen LogP contribution in [-0.2, 0) is 0 Å². The van der Waals surface area contributed by atoms with Crippen LogP contribution in [0, 0.1) is 17.3 Å². The van der Waals surface area contributed by atoms with Crippen molar-refractivity contribution >= 4 is 25.3 Å². The van der Waals surface area contributed by atoms with Crippen molar-refractivity contribution < 1.29 is 15.3 Å². The van der Waals surface area contributed by atoms with Crippen LogP contribution in [0.5, 0.6) is 0 Å². The molecule has 0 aliphatic heterocycles. The van der Waals surface area contributed by atoms with Crippen LogP contribution in [0.2, 0.25) is 0 Å². The number of allylic oxidation sites excluding steroid dienone is 3. The van der Waals surface area contributed by atoms with Gasteiger partial charge in [0, 0.05) is 11.7 Å². The zero-order valence-electron chi connectivity index (χ0n) is 18.6. The number of thiol groups is 2. The van der Waals surface area contributed by atoms with Gasteiger partial charge in [-0.25, -0.2) is 0 Å². The number of aliphatic hydroxyl groups excluding tert-OH is 2. The van der Waals surface area contributed by atoms with Gasteiger partial charge in [0.25, 0.3) is 0 Å². The number of aliphatic hydroxyl groups is 3. The molecule has 2 unspecified atom stereocenters. The summed E-state index contributed by atoms with van der Waals surface area (Å²) >= 11 is 9.25. The van der Waals surface area contributed by atoms with Crippen LogP contribution in [-0.4, -0.2) is 37.7 Å². The summed E-state index contributed by atoms with van der Waals surface area (Å²) in [5, 5.41) is 30.4. The lowest BCUT2D eigenvalue weighted by molar-refractivity contribution is 0.0862. The fraction of sp³-hybridized carbons (Fsp3) is 0.760. The first kappa shape index (κ1) is 24.4. The van der Waals surface area contributed by atoms with Crippen LogP contribution in [0.4, 0.5) is 0 Å². The topological polar surface area (TPSA) is 60.7 Å². The van der Waals surface area contributed by atoms with Gasteiger partial charge in [0.1, 0.15) is 4.93 Å². The largest absolute Gasteiger partial charge is 0.393 e. The van der Waals surface area contributed by atoms with E-state index in [-0.39, 0.29) is 5.41 Å². The lowest BCUT2D eigenvalue weighted by Crippen LogP contribution is -2.37. The maximum absolute atomic E-state index is 10.1. The average Bonchev–Trinajstić information content (AvgIpc) is 3.00. The van der Waals surface area contributed by atoms with Crippen LogP contribution in [0.25, 0.3) is 0 Å². The predicted molar refractivity (Wildman–Crippen MR) is 131 cm³/mol. The Morgan fingerprint density at radius 1 is 1.30 bits per heavy atom. The SMILES string of the molecule is C=C1/C(=C\C=C2/CCC[C@]3(C)C([C@H](S)CCCC(C)(O)S)CC[C@@H]23)C[C@@H](O)C[C@@H]1O. The molecule has 0 radical (unpaired) electrons. The van der Waals surface area contributed by atoms with E-state index in [9.17, 15) is 15.3 Å². The molecule has 3 nitrogen and oxygen atoms in total. The highest BCUT2D eigenvalue weighted by molar-refractivity contribution is 7.81. The molecule has 0 aromatic rings. The Labute approximate surface area is 193 Å². The van der Waals surface area contributed by atoms with Gasteiger partial charge in [-0.15, -0.1) is 12.6 Å². The standard InChI is InChI=1S/C25H40O3S2/c1-16-18(14-19(26)15-22(16)27)9-8-17-6-4-12-24(2)20(17)10-11-21(24)23(29)7-5-13-25(3,28)30/h8-9,19-23,26-30H,1,4-7,10-15H2,2-3H3/b17-8+,18-9-/t19-,20+,21?,22+,23-,24+,25?/m1/s1. The molecular formula is C25H40O3S2. The Kier molecular flexibility index (Phi) is 7.94. The van der Waals surface area contributed by atoms with E-state index in [1.54, 1.807) is 6.92 Å². The Morgan fingerprint density at radius 2 is 2.03 bits per heavy atom. The minimum absolute atomic E-state index is 0.279. The molecule has 3 aliphatic rings. The van der Waals surface area contributed by atoms with E-state index in [0.717, 1.165) is 30.4 Å². The van der Waals surface area contributed by atoms with E-state index in [4.69, 9.17) is 12.6 Å². The van der Waals surface area contributed by atoms with Crippen molar-refractivity contribution in [3.63, 3.8) is 0 Å². The van der Waals surface area contributed by atoms with Gasteiger partial charge >= 0.3 is 0 Å². The first-order chi connectivity index (χ1) is 14.0. The number of rotatable bonds is 6. The monoisotopic (exact) mass is 452 g/mol. The highest BCUT2D eigenvalue weighted by Crippen LogP contribution is 2.59. The second kappa shape index (κ2) is 9.74. The van der Waals surface area contributed by atoms with E-state index in [1.807, 2.05) is 0 Å². The van der Waals surface area contributed by atoms with Crippen molar-refractivity contribution in [1.82, 2.24) is 0 Å². The minimum Gasteiger partial charge on any atom is -0.393 e. The smallest absolute Gasteiger partial charge is 0.104 e. The van der Waals surface area contributed by atoms with E-state index in [0.29, 0.717) is 36.3 Å².